The highest BCUT2D eigenvalue weighted by atomic mass is 35.5. The number of aryl methyl sites for hydroxylation is 1. The van der Waals surface area contributed by atoms with E-state index in [1.54, 1.807) is 13.2 Å². The number of methoxy groups -OCH3 is 1. The smallest absolute Gasteiger partial charge is 0.137 e. The monoisotopic (exact) mass is 229 g/mol. The number of phenolic OH excluding ortho intramolecular Hbond substituents is 1. The molecule has 1 rings (SSSR count). The van der Waals surface area contributed by atoms with Crippen LogP contribution >= 0.6 is 11.6 Å². The van der Waals surface area contributed by atoms with E-state index >= 15 is 0 Å². The predicted octanol–water partition coefficient (Wildman–Crippen LogP) is 2.34. The van der Waals surface area contributed by atoms with Gasteiger partial charge < -0.3 is 15.6 Å². The summed E-state index contributed by atoms with van der Waals surface area (Å²) in [5.74, 6) is 0.815. The van der Waals surface area contributed by atoms with Crippen LogP contribution in [0.1, 0.15) is 18.4 Å². The summed E-state index contributed by atoms with van der Waals surface area (Å²) in [6, 6.07) is 3.28. The fourth-order valence-corrected chi connectivity index (χ4v) is 1.64. The molecule has 0 bridgehead atoms. The van der Waals surface area contributed by atoms with Crippen molar-refractivity contribution in [2.45, 2.75) is 19.3 Å². The van der Waals surface area contributed by atoms with Crippen molar-refractivity contribution in [1.29, 1.82) is 0 Å². The first kappa shape index (κ1) is 12.1. The summed E-state index contributed by atoms with van der Waals surface area (Å²) in [6.07, 6.45) is 2.69. The molecule has 4 heteroatoms. The fraction of sp³-hybridized carbons (Fsp3) is 0.455. The Bertz CT molecular complexity index is 329. The molecule has 0 aliphatic carbocycles. The predicted molar refractivity (Wildman–Crippen MR) is 61.7 cm³/mol. The van der Waals surface area contributed by atoms with E-state index < -0.39 is 0 Å². The summed E-state index contributed by atoms with van der Waals surface area (Å²) in [5.41, 5.74) is 6.25. The second kappa shape index (κ2) is 5.83. The summed E-state index contributed by atoms with van der Waals surface area (Å²) >= 11 is 5.86. The number of phenols is 1. The number of hydrogen-bond donors (Lipinski definition) is 2. The number of benzene rings is 1. The lowest BCUT2D eigenvalue weighted by Crippen LogP contribution is -1.99. The largest absolute Gasteiger partial charge is 0.508 e. The molecule has 0 fully saturated rings. The first-order valence-electron chi connectivity index (χ1n) is 4.94. The minimum atomic E-state index is 0.220. The summed E-state index contributed by atoms with van der Waals surface area (Å²) in [6.45, 7) is 0.672. The molecule has 3 N–H and O–H groups in total. The number of nitrogens with two attached hydrogens (primary N) is 1. The minimum absolute atomic E-state index is 0.220. The number of aromatic hydroxyl groups is 1. The van der Waals surface area contributed by atoms with Crippen molar-refractivity contribution in [3.63, 3.8) is 0 Å². The maximum atomic E-state index is 9.64. The normalized spacial score (nSPS) is 10.3. The van der Waals surface area contributed by atoms with Crippen molar-refractivity contribution in [3.8, 4) is 11.5 Å². The van der Waals surface area contributed by atoms with Crippen LogP contribution in [-0.2, 0) is 6.42 Å². The average Bonchev–Trinajstić information content (AvgIpc) is 2.21. The lowest BCUT2D eigenvalue weighted by atomic mass is 10.1. The highest BCUT2D eigenvalue weighted by Gasteiger charge is 2.07. The van der Waals surface area contributed by atoms with Crippen molar-refractivity contribution < 1.29 is 9.84 Å². The van der Waals surface area contributed by atoms with Gasteiger partial charge in [0.15, 0.2) is 0 Å². The standard InChI is InChI=1S/C11H16ClNO2/c1-15-11-6-8(4-2-3-5-13)10(14)7-9(11)12/h6-7,14H,2-5,13H2,1H3. The van der Waals surface area contributed by atoms with Crippen LogP contribution in [-0.4, -0.2) is 18.8 Å². The lowest BCUT2D eigenvalue weighted by molar-refractivity contribution is 0.411. The Morgan fingerprint density at radius 2 is 2.13 bits per heavy atom. The topological polar surface area (TPSA) is 55.5 Å². The van der Waals surface area contributed by atoms with Crippen LogP contribution < -0.4 is 10.5 Å². The van der Waals surface area contributed by atoms with Gasteiger partial charge in [0.1, 0.15) is 11.5 Å². The second-order valence-electron chi connectivity index (χ2n) is 3.36. The third-order valence-corrected chi connectivity index (χ3v) is 2.55. The van der Waals surface area contributed by atoms with Crippen LogP contribution in [0.15, 0.2) is 12.1 Å². The summed E-state index contributed by atoms with van der Waals surface area (Å²) in [4.78, 5) is 0. The highest BCUT2D eigenvalue weighted by molar-refractivity contribution is 6.32. The Labute approximate surface area is 94.8 Å². The van der Waals surface area contributed by atoms with E-state index in [0.717, 1.165) is 24.8 Å². The summed E-state index contributed by atoms with van der Waals surface area (Å²) < 4.78 is 5.08. The Morgan fingerprint density at radius 1 is 1.40 bits per heavy atom. The average molecular weight is 230 g/mol. The van der Waals surface area contributed by atoms with Crippen LogP contribution in [0, 0.1) is 0 Å². The van der Waals surface area contributed by atoms with E-state index in [9.17, 15) is 5.11 Å². The van der Waals surface area contributed by atoms with Gasteiger partial charge in [-0.1, -0.05) is 11.6 Å². The van der Waals surface area contributed by atoms with Gasteiger partial charge in [-0.05, 0) is 37.4 Å². The van der Waals surface area contributed by atoms with Crippen molar-refractivity contribution in [2.75, 3.05) is 13.7 Å². The van der Waals surface area contributed by atoms with Crippen molar-refractivity contribution in [1.82, 2.24) is 0 Å². The Kier molecular flexibility index (Phi) is 4.72. The molecule has 15 heavy (non-hydrogen) atoms. The maximum Gasteiger partial charge on any atom is 0.137 e. The molecule has 3 nitrogen and oxygen atoms in total. The molecule has 0 atom stereocenters. The number of rotatable bonds is 5. The van der Waals surface area contributed by atoms with Crippen LogP contribution in [0.25, 0.3) is 0 Å². The molecule has 0 aromatic heterocycles. The maximum absolute atomic E-state index is 9.64. The second-order valence-corrected chi connectivity index (χ2v) is 3.77. The molecule has 0 heterocycles. The van der Waals surface area contributed by atoms with Crippen LogP contribution in [0.3, 0.4) is 0 Å². The number of unbranched alkanes of at least 4 members (excludes halogenated alkanes) is 1. The fourth-order valence-electron chi connectivity index (χ4n) is 1.40. The molecule has 0 spiro atoms. The SMILES string of the molecule is COc1cc(CCCCN)c(O)cc1Cl. The van der Waals surface area contributed by atoms with Crippen molar-refractivity contribution in [3.05, 3.63) is 22.7 Å². The molecule has 0 amide bonds. The number of hydrogen-bond acceptors (Lipinski definition) is 3. The Balaban J connectivity index is 2.78. The summed E-state index contributed by atoms with van der Waals surface area (Å²) in [7, 11) is 1.56. The number of ether oxygens (including phenoxy) is 1. The Morgan fingerprint density at radius 3 is 2.73 bits per heavy atom. The van der Waals surface area contributed by atoms with E-state index in [4.69, 9.17) is 22.1 Å². The molecular formula is C11H16ClNO2. The molecule has 0 radical (unpaired) electrons. The molecule has 0 saturated carbocycles. The quantitative estimate of drug-likeness (QED) is 0.762. The van der Waals surface area contributed by atoms with Gasteiger partial charge in [-0.3, -0.25) is 0 Å². The first-order chi connectivity index (χ1) is 7.19. The van der Waals surface area contributed by atoms with Gasteiger partial charge >= 0.3 is 0 Å². The number of halogens is 1. The van der Waals surface area contributed by atoms with Gasteiger partial charge in [-0.15, -0.1) is 0 Å². The van der Waals surface area contributed by atoms with Gasteiger partial charge in [0.2, 0.25) is 0 Å². The van der Waals surface area contributed by atoms with E-state index in [1.165, 1.54) is 6.07 Å². The van der Waals surface area contributed by atoms with E-state index in [2.05, 4.69) is 0 Å². The lowest BCUT2D eigenvalue weighted by Gasteiger charge is -2.08. The van der Waals surface area contributed by atoms with E-state index in [-0.39, 0.29) is 5.75 Å². The molecule has 1 aromatic carbocycles. The molecule has 0 aliphatic heterocycles. The van der Waals surface area contributed by atoms with Gasteiger partial charge in [0.25, 0.3) is 0 Å². The third kappa shape index (κ3) is 3.29. The van der Waals surface area contributed by atoms with Crippen LogP contribution in [0.5, 0.6) is 11.5 Å². The zero-order valence-electron chi connectivity index (χ0n) is 8.79. The van der Waals surface area contributed by atoms with Gasteiger partial charge in [0, 0.05) is 6.07 Å². The van der Waals surface area contributed by atoms with Gasteiger partial charge in [0.05, 0.1) is 12.1 Å². The molecular weight excluding hydrogens is 214 g/mol. The molecule has 0 aliphatic rings. The Hall–Kier alpha value is -0.930. The van der Waals surface area contributed by atoms with Gasteiger partial charge in [-0.2, -0.15) is 0 Å². The van der Waals surface area contributed by atoms with Crippen molar-refractivity contribution in [2.24, 2.45) is 5.73 Å². The zero-order valence-corrected chi connectivity index (χ0v) is 9.55. The zero-order chi connectivity index (χ0) is 11.3. The van der Waals surface area contributed by atoms with Crippen LogP contribution in [0.2, 0.25) is 5.02 Å². The van der Waals surface area contributed by atoms with Gasteiger partial charge in [-0.25, -0.2) is 0 Å². The minimum Gasteiger partial charge on any atom is -0.508 e. The molecule has 0 saturated heterocycles. The molecule has 1 aromatic rings. The molecule has 0 unspecified atom stereocenters. The van der Waals surface area contributed by atoms with E-state index in [0.29, 0.717) is 17.3 Å². The highest BCUT2D eigenvalue weighted by Crippen LogP contribution is 2.32. The van der Waals surface area contributed by atoms with E-state index in [1.807, 2.05) is 0 Å². The van der Waals surface area contributed by atoms with Crippen LogP contribution in [0.4, 0.5) is 0 Å². The van der Waals surface area contributed by atoms with Crippen molar-refractivity contribution >= 4 is 11.6 Å². The third-order valence-electron chi connectivity index (χ3n) is 2.25. The summed E-state index contributed by atoms with van der Waals surface area (Å²) in [5, 5.41) is 10.1. The first-order valence-corrected chi connectivity index (χ1v) is 5.32. The molecule has 84 valence electrons.